The van der Waals surface area contributed by atoms with Crippen molar-refractivity contribution >= 4 is 46.7 Å². The van der Waals surface area contributed by atoms with Crippen LogP contribution in [0, 0.1) is 6.92 Å². The number of ether oxygens (including phenoxy) is 1. The number of hydrogen-bond donors (Lipinski definition) is 2. The predicted molar refractivity (Wildman–Crippen MR) is 124 cm³/mol. The van der Waals surface area contributed by atoms with Crippen molar-refractivity contribution in [2.75, 3.05) is 18.5 Å². The van der Waals surface area contributed by atoms with Crippen LogP contribution >= 0.6 is 23.2 Å². The van der Waals surface area contributed by atoms with Gasteiger partial charge in [-0.15, -0.1) is 0 Å². The molecule has 172 valence electrons. The molecule has 1 aromatic heterocycles. The van der Waals surface area contributed by atoms with Crippen molar-refractivity contribution in [1.82, 2.24) is 14.7 Å². The summed E-state index contributed by atoms with van der Waals surface area (Å²) in [5.41, 5.74) is 0.953. The number of benzene rings is 2. The number of para-hydroxylation sites is 1. The normalized spacial score (nSPS) is 10.5. The number of esters is 1. The fourth-order valence-corrected chi connectivity index (χ4v) is 3.50. The zero-order valence-electron chi connectivity index (χ0n) is 17.7. The molecule has 0 aliphatic heterocycles. The summed E-state index contributed by atoms with van der Waals surface area (Å²) in [7, 11) is 1.69. The van der Waals surface area contributed by atoms with E-state index in [2.05, 4.69) is 10.6 Å². The Morgan fingerprint density at radius 2 is 1.76 bits per heavy atom. The molecule has 0 bridgehead atoms. The molecule has 0 radical (unpaired) electrons. The SMILES string of the molecule is Cc1c(NC(=O)COC(=O)CNC(=O)c2ccc(Cl)cc2Cl)c(=O)n(-c2ccccc2)n1C. The molecule has 3 rings (SSSR count). The average molecular weight is 491 g/mol. The lowest BCUT2D eigenvalue weighted by Crippen LogP contribution is -2.32. The molecule has 0 aliphatic carbocycles. The van der Waals surface area contributed by atoms with Crippen LogP contribution in [0.25, 0.3) is 5.69 Å². The molecular formula is C22H20Cl2N4O5. The maximum atomic E-state index is 12.8. The number of anilines is 1. The highest BCUT2D eigenvalue weighted by Gasteiger charge is 2.19. The van der Waals surface area contributed by atoms with E-state index in [-0.39, 0.29) is 16.3 Å². The predicted octanol–water partition coefficient (Wildman–Crippen LogP) is 2.70. The topological polar surface area (TPSA) is 111 Å². The van der Waals surface area contributed by atoms with Crippen molar-refractivity contribution < 1.29 is 19.1 Å². The van der Waals surface area contributed by atoms with Crippen molar-refractivity contribution in [2.24, 2.45) is 7.05 Å². The highest BCUT2D eigenvalue weighted by molar-refractivity contribution is 6.36. The van der Waals surface area contributed by atoms with Gasteiger partial charge in [-0.2, -0.15) is 0 Å². The third kappa shape index (κ3) is 5.63. The molecule has 0 saturated carbocycles. The molecule has 0 saturated heterocycles. The lowest BCUT2D eigenvalue weighted by atomic mass is 10.2. The van der Waals surface area contributed by atoms with E-state index in [0.29, 0.717) is 16.4 Å². The maximum absolute atomic E-state index is 12.8. The van der Waals surface area contributed by atoms with Gasteiger partial charge in [0.2, 0.25) is 0 Å². The molecule has 0 fully saturated rings. The minimum absolute atomic E-state index is 0.0769. The van der Waals surface area contributed by atoms with E-state index >= 15 is 0 Å². The molecule has 1 heterocycles. The molecule has 0 aliphatic rings. The van der Waals surface area contributed by atoms with Gasteiger partial charge in [0.05, 0.1) is 22.0 Å². The molecule has 2 N–H and O–H groups in total. The van der Waals surface area contributed by atoms with Crippen LogP contribution in [0.5, 0.6) is 0 Å². The van der Waals surface area contributed by atoms with Crippen LogP contribution in [0.3, 0.4) is 0 Å². The van der Waals surface area contributed by atoms with Crippen LogP contribution in [-0.2, 0) is 21.4 Å². The molecule has 0 unspecified atom stereocenters. The molecule has 3 aromatic rings. The van der Waals surface area contributed by atoms with E-state index in [4.69, 9.17) is 27.9 Å². The highest BCUT2D eigenvalue weighted by Crippen LogP contribution is 2.20. The van der Waals surface area contributed by atoms with Crippen LogP contribution in [0.4, 0.5) is 5.69 Å². The zero-order valence-corrected chi connectivity index (χ0v) is 19.2. The monoisotopic (exact) mass is 490 g/mol. The van der Waals surface area contributed by atoms with E-state index in [0.717, 1.165) is 0 Å². The van der Waals surface area contributed by atoms with Gasteiger partial charge in [0.15, 0.2) is 6.61 Å². The summed E-state index contributed by atoms with van der Waals surface area (Å²) in [6.45, 7) is 0.575. The Hall–Kier alpha value is -3.56. The van der Waals surface area contributed by atoms with Crippen molar-refractivity contribution in [1.29, 1.82) is 0 Å². The highest BCUT2D eigenvalue weighted by atomic mass is 35.5. The van der Waals surface area contributed by atoms with Crippen molar-refractivity contribution in [3.63, 3.8) is 0 Å². The number of carbonyl (C=O) groups is 3. The van der Waals surface area contributed by atoms with E-state index in [1.165, 1.54) is 22.9 Å². The van der Waals surface area contributed by atoms with Crippen LogP contribution in [0.15, 0.2) is 53.3 Å². The molecular weight excluding hydrogens is 471 g/mol. The summed E-state index contributed by atoms with van der Waals surface area (Å²) < 4.78 is 7.90. The molecule has 0 atom stereocenters. The van der Waals surface area contributed by atoms with Gasteiger partial charge in [0.1, 0.15) is 12.2 Å². The Morgan fingerprint density at radius 1 is 1.06 bits per heavy atom. The Morgan fingerprint density at radius 3 is 2.42 bits per heavy atom. The smallest absolute Gasteiger partial charge is 0.325 e. The molecule has 2 aromatic carbocycles. The quantitative estimate of drug-likeness (QED) is 0.494. The summed E-state index contributed by atoms with van der Waals surface area (Å²) in [4.78, 5) is 49.1. The minimum atomic E-state index is -0.838. The van der Waals surface area contributed by atoms with Crippen molar-refractivity contribution in [3.8, 4) is 5.69 Å². The first-order valence-corrected chi connectivity index (χ1v) is 10.5. The summed E-state index contributed by atoms with van der Waals surface area (Å²) >= 11 is 11.7. The number of rotatable bonds is 7. The van der Waals surface area contributed by atoms with Crippen LogP contribution < -0.4 is 16.2 Å². The van der Waals surface area contributed by atoms with Crippen LogP contribution in [-0.4, -0.2) is 40.3 Å². The lowest BCUT2D eigenvalue weighted by molar-refractivity contribution is -0.146. The van der Waals surface area contributed by atoms with Crippen LogP contribution in [0.1, 0.15) is 16.1 Å². The standard InChI is InChI=1S/C22H20Cl2N4O5/c1-13-20(22(32)28(27(13)2)15-6-4-3-5-7-15)26-18(29)12-33-19(30)11-25-21(31)16-9-8-14(23)10-17(16)24/h3-10H,11-12H2,1-2H3,(H,25,31)(H,26,29). The van der Waals surface area contributed by atoms with Gasteiger partial charge >= 0.3 is 5.97 Å². The minimum Gasteiger partial charge on any atom is -0.454 e. The Bertz CT molecular complexity index is 1270. The first-order valence-electron chi connectivity index (χ1n) is 9.71. The number of carbonyl (C=O) groups excluding carboxylic acids is 3. The van der Waals surface area contributed by atoms with Gasteiger partial charge in [0.25, 0.3) is 17.4 Å². The molecule has 2 amide bonds. The number of nitrogens with one attached hydrogen (secondary N) is 2. The van der Waals surface area contributed by atoms with Gasteiger partial charge < -0.3 is 15.4 Å². The Kier molecular flexibility index (Phi) is 7.57. The lowest BCUT2D eigenvalue weighted by Gasteiger charge is -2.08. The fourth-order valence-electron chi connectivity index (χ4n) is 3.01. The van der Waals surface area contributed by atoms with E-state index in [9.17, 15) is 19.2 Å². The second-order valence-electron chi connectivity index (χ2n) is 6.95. The number of nitrogens with zero attached hydrogens (tertiary/aromatic N) is 2. The van der Waals surface area contributed by atoms with Gasteiger partial charge in [-0.1, -0.05) is 41.4 Å². The Labute approximate surface area is 198 Å². The van der Waals surface area contributed by atoms with Gasteiger partial charge in [0, 0.05) is 12.1 Å². The van der Waals surface area contributed by atoms with Crippen molar-refractivity contribution in [3.05, 3.63) is 80.2 Å². The molecule has 11 heteroatoms. The maximum Gasteiger partial charge on any atom is 0.325 e. The van der Waals surface area contributed by atoms with E-state index < -0.39 is 36.5 Å². The van der Waals surface area contributed by atoms with Gasteiger partial charge in [-0.3, -0.25) is 23.9 Å². The van der Waals surface area contributed by atoms with Crippen molar-refractivity contribution in [2.45, 2.75) is 6.92 Å². The van der Waals surface area contributed by atoms with E-state index in [1.807, 2.05) is 6.07 Å². The summed E-state index contributed by atoms with van der Waals surface area (Å²) in [5, 5.41) is 5.33. The van der Waals surface area contributed by atoms with Gasteiger partial charge in [-0.05, 0) is 37.3 Å². The number of amides is 2. The summed E-state index contributed by atoms with van der Waals surface area (Å²) in [6.07, 6.45) is 0. The second-order valence-corrected chi connectivity index (χ2v) is 7.80. The second kappa shape index (κ2) is 10.4. The van der Waals surface area contributed by atoms with E-state index in [1.54, 1.807) is 42.9 Å². The average Bonchev–Trinajstić information content (AvgIpc) is 2.99. The molecule has 9 nitrogen and oxygen atoms in total. The molecule has 33 heavy (non-hydrogen) atoms. The Balaban J connectivity index is 1.56. The molecule has 0 spiro atoms. The summed E-state index contributed by atoms with van der Waals surface area (Å²) in [5.74, 6) is -2.13. The fraction of sp³-hybridized carbons (Fsp3) is 0.182. The third-order valence-corrected chi connectivity index (χ3v) is 5.30. The van der Waals surface area contributed by atoms with Gasteiger partial charge in [-0.25, -0.2) is 4.68 Å². The first-order chi connectivity index (χ1) is 15.7. The third-order valence-electron chi connectivity index (χ3n) is 4.75. The number of hydrogen-bond acceptors (Lipinski definition) is 5. The number of halogens is 2. The first kappa shape index (κ1) is 24.1. The summed E-state index contributed by atoms with van der Waals surface area (Å²) in [6, 6.07) is 13.2. The zero-order chi connectivity index (χ0) is 24.1. The largest absolute Gasteiger partial charge is 0.454 e. The van der Waals surface area contributed by atoms with Crippen LogP contribution in [0.2, 0.25) is 10.0 Å². The number of aromatic nitrogens is 2.